The van der Waals surface area contributed by atoms with Crippen LogP contribution in [-0.2, 0) is 4.79 Å². The molecule has 2 radical (unpaired) electrons. The van der Waals surface area contributed by atoms with Crippen molar-refractivity contribution in [2.75, 3.05) is 0 Å². The first-order valence-corrected chi connectivity index (χ1v) is 2.13. The third-order valence-corrected chi connectivity index (χ3v) is 0.887. The summed E-state index contributed by atoms with van der Waals surface area (Å²) in [5.74, 6) is 0.0556. The fourth-order valence-corrected chi connectivity index (χ4v) is 0.397. The van der Waals surface area contributed by atoms with Crippen molar-refractivity contribution in [3.8, 4) is 0 Å². The lowest BCUT2D eigenvalue weighted by atomic mass is 10.3. The van der Waals surface area contributed by atoms with E-state index in [1.807, 2.05) is 0 Å². The Morgan fingerprint density at radius 3 is 2.86 bits per heavy atom. The summed E-state index contributed by atoms with van der Waals surface area (Å²) in [6, 6.07) is -0.167. The highest BCUT2D eigenvalue weighted by atomic mass is 16.1. The average Bonchev–Trinajstić information content (AvgIpc) is 1.91. The monoisotopic (exact) mass is 95.0 g/mol. The van der Waals surface area contributed by atoms with Gasteiger partial charge in [0.2, 0.25) is 0 Å². The van der Waals surface area contributed by atoms with E-state index in [4.69, 9.17) is 0 Å². The van der Waals surface area contributed by atoms with Gasteiger partial charge < -0.3 is 0 Å². The molecule has 0 aromatic heterocycles. The van der Waals surface area contributed by atoms with E-state index in [1.54, 1.807) is 6.92 Å². The van der Waals surface area contributed by atoms with Gasteiger partial charge >= 0.3 is 0 Å². The molecule has 2 nitrogen and oxygen atoms in total. The number of nitrogens with zero attached hydrogens (tertiary/aromatic N) is 1. The molecule has 0 amide bonds. The summed E-state index contributed by atoms with van der Waals surface area (Å²) in [6.07, 6.45) is 3.84. The molecule has 0 bridgehead atoms. The quantitative estimate of drug-likeness (QED) is 0.412. The van der Waals surface area contributed by atoms with Crippen LogP contribution < -0.4 is 5.32 Å². The summed E-state index contributed by atoms with van der Waals surface area (Å²) in [5, 5.41) is 3.66. The second kappa shape index (κ2) is 1.37. The van der Waals surface area contributed by atoms with Crippen LogP contribution in [0, 0.1) is 6.20 Å². The molecule has 0 spiro atoms. The smallest absolute Gasteiger partial charge is 0.182 e. The van der Waals surface area contributed by atoms with Crippen molar-refractivity contribution in [2.24, 2.45) is 0 Å². The summed E-state index contributed by atoms with van der Waals surface area (Å²) in [5.41, 5.74) is 0. The van der Waals surface area contributed by atoms with E-state index in [1.165, 1.54) is 6.08 Å². The molecular formula is C5H5NO. The molecule has 0 aromatic carbocycles. The van der Waals surface area contributed by atoms with E-state index in [-0.39, 0.29) is 11.8 Å². The topological polar surface area (TPSA) is 31.2 Å². The van der Waals surface area contributed by atoms with Crippen LogP contribution in [0.1, 0.15) is 6.92 Å². The maximum absolute atomic E-state index is 10.4. The Bertz CT molecular complexity index is 117. The van der Waals surface area contributed by atoms with Crippen LogP contribution in [-0.4, -0.2) is 11.8 Å². The standard InChI is InChI=1S/C5H5NO/c1-4-5(7)2-3-6-4/h2,4H,1H3. The molecule has 1 atom stereocenters. The van der Waals surface area contributed by atoms with Crippen molar-refractivity contribution in [2.45, 2.75) is 13.0 Å². The van der Waals surface area contributed by atoms with Crippen molar-refractivity contribution >= 4 is 5.78 Å². The minimum Gasteiger partial charge on any atom is -0.292 e. The number of carbonyl (C=O) groups is 1. The normalized spacial score (nSPS) is 28.1. The number of rotatable bonds is 0. The van der Waals surface area contributed by atoms with Crippen molar-refractivity contribution in [3.05, 3.63) is 12.3 Å². The van der Waals surface area contributed by atoms with Crippen LogP contribution in [0.4, 0.5) is 0 Å². The van der Waals surface area contributed by atoms with E-state index in [2.05, 4.69) is 11.5 Å². The zero-order valence-electron chi connectivity index (χ0n) is 4.01. The summed E-state index contributed by atoms with van der Waals surface area (Å²) in [4.78, 5) is 10.4. The van der Waals surface area contributed by atoms with Gasteiger partial charge in [0.25, 0.3) is 0 Å². The van der Waals surface area contributed by atoms with E-state index in [0.717, 1.165) is 0 Å². The Morgan fingerprint density at radius 2 is 2.71 bits per heavy atom. The largest absolute Gasteiger partial charge is 0.292 e. The van der Waals surface area contributed by atoms with E-state index in [9.17, 15) is 4.79 Å². The molecule has 0 fully saturated rings. The molecule has 1 unspecified atom stereocenters. The van der Waals surface area contributed by atoms with Gasteiger partial charge in [0, 0.05) is 6.08 Å². The van der Waals surface area contributed by atoms with Gasteiger partial charge in [-0.05, 0) is 6.92 Å². The minimum absolute atomic E-state index is 0.0556. The number of hydrogen-bond acceptors (Lipinski definition) is 1. The molecule has 0 aliphatic carbocycles. The second-order valence-electron chi connectivity index (χ2n) is 1.48. The summed E-state index contributed by atoms with van der Waals surface area (Å²) in [7, 11) is 0. The Morgan fingerprint density at radius 1 is 2.00 bits per heavy atom. The molecule has 1 rings (SSSR count). The third-order valence-electron chi connectivity index (χ3n) is 0.887. The summed E-state index contributed by atoms with van der Waals surface area (Å²) in [6.45, 7) is 1.75. The van der Waals surface area contributed by atoms with Crippen LogP contribution in [0.2, 0.25) is 0 Å². The third kappa shape index (κ3) is 0.633. The molecule has 2 heteroatoms. The molecule has 36 valence electrons. The maximum atomic E-state index is 10.4. The van der Waals surface area contributed by atoms with Gasteiger partial charge in [-0.1, -0.05) is 0 Å². The lowest BCUT2D eigenvalue weighted by molar-refractivity contribution is -0.115. The first kappa shape index (κ1) is 4.37. The van der Waals surface area contributed by atoms with Crippen LogP contribution in [0.25, 0.3) is 0 Å². The highest BCUT2D eigenvalue weighted by Gasteiger charge is 2.13. The van der Waals surface area contributed by atoms with Crippen LogP contribution in [0.15, 0.2) is 6.08 Å². The molecule has 0 saturated heterocycles. The zero-order valence-corrected chi connectivity index (χ0v) is 4.01. The minimum atomic E-state index is -0.167. The average molecular weight is 95.1 g/mol. The predicted octanol–water partition coefficient (Wildman–Crippen LogP) is -0.121. The fraction of sp³-hybridized carbons (Fsp3) is 0.400. The molecule has 0 N–H and O–H groups in total. The van der Waals surface area contributed by atoms with Crippen molar-refractivity contribution in [1.82, 2.24) is 5.32 Å². The lowest BCUT2D eigenvalue weighted by Gasteiger charge is -1.91. The highest BCUT2D eigenvalue weighted by Crippen LogP contribution is 1.94. The number of ketones is 1. The first-order valence-electron chi connectivity index (χ1n) is 2.13. The Hall–Kier alpha value is -0.790. The van der Waals surface area contributed by atoms with Gasteiger partial charge in [0.1, 0.15) is 6.04 Å². The van der Waals surface area contributed by atoms with Gasteiger partial charge in [-0.15, -0.1) is 0 Å². The SMILES string of the molecule is CC1[N][C]=CC1=O. The molecule has 1 heterocycles. The van der Waals surface area contributed by atoms with Gasteiger partial charge in [0.05, 0.1) is 6.20 Å². The molecule has 1 aliphatic rings. The lowest BCUT2D eigenvalue weighted by Crippen LogP contribution is -2.16. The molecule has 0 saturated carbocycles. The number of carbonyl (C=O) groups excluding carboxylic acids is 1. The molecule has 1 aliphatic heterocycles. The Balaban J connectivity index is 2.62. The van der Waals surface area contributed by atoms with Crippen molar-refractivity contribution < 1.29 is 4.79 Å². The summed E-state index contributed by atoms with van der Waals surface area (Å²) >= 11 is 0. The van der Waals surface area contributed by atoms with Gasteiger partial charge in [-0.25, -0.2) is 0 Å². The van der Waals surface area contributed by atoms with E-state index < -0.39 is 0 Å². The van der Waals surface area contributed by atoms with Gasteiger partial charge in [-0.2, -0.15) is 0 Å². The summed E-state index contributed by atoms with van der Waals surface area (Å²) < 4.78 is 0. The van der Waals surface area contributed by atoms with Crippen LogP contribution in [0.5, 0.6) is 0 Å². The van der Waals surface area contributed by atoms with E-state index in [0.29, 0.717) is 0 Å². The maximum Gasteiger partial charge on any atom is 0.182 e. The first-order chi connectivity index (χ1) is 3.30. The fourth-order valence-electron chi connectivity index (χ4n) is 0.397. The molecule has 7 heavy (non-hydrogen) atoms. The van der Waals surface area contributed by atoms with Crippen LogP contribution >= 0.6 is 0 Å². The van der Waals surface area contributed by atoms with E-state index >= 15 is 0 Å². The second-order valence-corrected chi connectivity index (χ2v) is 1.48. The molecule has 0 aromatic rings. The Kier molecular flexibility index (Phi) is 0.855. The van der Waals surface area contributed by atoms with Crippen LogP contribution in [0.3, 0.4) is 0 Å². The highest BCUT2D eigenvalue weighted by molar-refractivity contribution is 5.95. The Labute approximate surface area is 42.2 Å². The number of hydrogen-bond donors (Lipinski definition) is 0. The van der Waals surface area contributed by atoms with Crippen molar-refractivity contribution in [1.29, 1.82) is 0 Å². The van der Waals surface area contributed by atoms with Gasteiger partial charge in [0.15, 0.2) is 5.78 Å². The van der Waals surface area contributed by atoms with Crippen molar-refractivity contribution in [3.63, 3.8) is 0 Å². The van der Waals surface area contributed by atoms with Gasteiger partial charge in [-0.3, -0.25) is 10.1 Å². The molecular weight excluding hydrogens is 90.1 g/mol. The predicted molar refractivity (Wildman–Crippen MR) is 24.4 cm³/mol. The zero-order chi connectivity index (χ0) is 5.28.